The molecule has 0 unspecified atom stereocenters. The van der Waals surface area contributed by atoms with Crippen LogP contribution in [-0.4, -0.2) is 68.0 Å². The first-order valence-electron chi connectivity index (χ1n) is 8.50. The van der Waals surface area contributed by atoms with E-state index in [-0.39, 0.29) is 11.8 Å². The SMILES string of the molecule is CCCNC(=O)CN1CCN(C(=O)c2cccc(COC)c2)CC1. The van der Waals surface area contributed by atoms with Crippen molar-refractivity contribution in [1.82, 2.24) is 15.1 Å². The van der Waals surface area contributed by atoms with Crippen LogP contribution < -0.4 is 5.32 Å². The van der Waals surface area contributed by atoms with Gasteiger partial charge in [0.1, 0.15) is 0 Å². The lowest BCUT2D eigenvalue weighted by Gasteiger charge is -2.34. The molecule has 132 valence electrons. The normalized spacial score (nSPS) is 15.3. The molecule has 0 spiro atoms. The van der Waals surface area contributed by atoms with Gasteiger partial charge in [0, 0.05) is 45.4 Å². The van der Waals surface area contributed by atoms with Gasteiger partial charge in [-0.15, -0.1) is 0 Å². The van der Waals surface area contributed by atoms with Gasteiger partial charge in [0.25, 0.3) is 5.91 Å². The largest absolute Gasteiger partial charge is 0.380 e. The van der Waals surface area contributed by atoms with Gasteiger partial charge in [0.2, 0.25) is 5.91 Å². The Morgan fingerprint density at radius 1 is 1.21 bits per heavy atom. The third-order valence-electron chi connectivity index (χ3n) is 4.08. The lowest BCUT2D eigenvalue weighted by molar-refractivity contribution is -0.122. The zero-order valence-corrected chi connectivity index (χ0v) is 14.6. The van der Waals surface area contributed by atoms with Gasteiger partial charge in [-0.05, 0) is 24.1 Å². The Morgan fingerprint density at radius 3 is 2.62 bits per heavy atom. The van der Waals surface area contributed by atoms with E-state index in [4.69, 9.17) is 4.74 Å². The Bertz CT molecular complexity index is 554. The fourth-order valence-electron chi connectivity index (χ4n) is 2.78. The summed E-state index contributed by atoms with van der Waals surface area (Å²) >= 11 is 0. The molecule has 24 heavy (non-hydrogen) atoms. The molecule has 2 amide bonds. The molecule has 0 saturated carbocycles. The summed E-state index contributed by atoms with van der Waals surface area (Å²) in [5.74, 6) is 0.104. The third kappa shape index (κ3) is 5.32. The van der Waals surface area contributed by atoms with Crippen molar-refractivity contribution in [2.45, 2.75) is 20.0 Å². The molecule has 2 rings (SSSR count). The molecule has 1 heterocycles. The number of ether oxygens (including phenoxy) is 1. The number of amides is 2. The van der Waals surface area contributed by atoms with Gasteiger partial charge in [0.05, 0.1) is 13.2 Å². The lowest BCUT2D eigenvalue weighted by Crippen LogP contribution is -2.51. The number of nitrogens with one attached hydrogen (secondary N) is 1. The highest BCUT2D eigenvalue weighted by Gasteiger charge is 2.23. The highest BCUT2D eigenvalue weighted by Crippen LogP contribution is 2.11. The van der Waals surface area contributed by atoms with E-state index in [0.717, 1.165) is 31.6 Å². The number of carbonyl (C=O) groups is 2. The van der Waals surface area contributed by atoms with Crippen molar-refractivity contribution in [3.63, 3.8) is 0 Å². The van der Waals surface area contributed by atoms with Gasteiger partial charge < -0.3 is 15.0 Å². The molecule has 1 aromatic rings. The summed E-state index contributed by atoms with van der Waals surface area (Å²) in [7, 11) is 1.64. The van der Waals surface area contributed by atoms with Crippen molar-refractivity contribution < 1.29 is 14.3 Å². The Hall–Kier alpha value is -1.92. The molecule has 0 aromatic heterocycles. The number of carbonyl (C=O) groups excluding carboxylic acids is 2. The molecule has 1 fully saturated rings. The van der Waals surface area contributed by atoms with Crippen LogP contribution in [0.25, 0.3) is 0 Å². The highest BCUT2D eigenvalue weighted by molar-refractivity contribution is 5.94. The van der Waals surface area contributed by atoms with E-state index in [2.05, 4.69) is 10.2 Å². The van der Waals surface area contributed by atoms with E-state index in [1.54, 1.807) is 7.11 Å². The summed E-state index contributed by atoms with van der Waals surface area (Å²) < 4.78 is 5.12. The van der Waals surface area contributed by atoms with Crippen molar-refractivity contribution >= 4 is 11.8 Å². The van der Waals surface area contributed by atoms with Crippen molar-refractivity contribution in [1.29, 1.82) is 0 Å². The molecule has 1 aliphatic heterocycles. The number of methoxy groups -OCH3 is 1. The fourth-order valence-corrected chi connectivity index (χ4v) is 2.78. The van der Waals surface area contributed by atoms with Gasteiger partial charge in [0.15, 0.2) is 0 Å². The van der Waals surface area contributed by atoms with Crippen LogP contribution in [0, 0.1) is 0 Å². The van der Waals surface area contributed by atoms with Crippen LogP contribution in [0.3, 0.4) is 0 Å². The van der Waals surface area contributed by atoms with E-state index < -0.39 is 0 Å². The quantitative estimate of drug-likeness (QED) is 0.812. The minimum Gasteiger partial charge on any atom is -0.380 e. The molecular weight excluding hydrogens is 306 g/mol. The van der Waals surface area contributed by atoms with Gasteiger partial charge in [-0.1, -0.05) is 19.1 Å². The molecular formula is C18H27N3O3. The topological polar surface area (TPSA) is 61.9 Å². The predicted octanol–water partition coefficient (Wildman–Crippen LogP) is 1.12. The predicted molar refractivity (Wildman–Crippen MR) is 92.8 cm³/mol. The maximum absolute atomic E-state index is 12.6. The van der Waals surface area contributed by atoms with Gasteiger partial charge in [-0.2, -0.15) is 0 Å². The summed E-state index contributed by atoms with van der Waals surface area (Å²) in [4.78, 5) is 28.3. The second-order valence-electron chi connectivity index (χ2n) is 6.05. The van der Waals surface area contributed by atoms with E-state index >= 15 is 0 Å². The Balaban J connectivity index is 1.84. The first kappa shape index (κ1) is 18.4. The maximum atomic E-state index is 12.6. The second kappa shape index (κ2) is 9.39. The van der Waals surface area contributed by atoms with Gasteiger partial charge in [-0.25, -0.2) is 0 Å². The number of rotatable bonds is 7. The standard InChI is InChI=1S/C18H27N3O3/c1-3-7-19-17(22)13-20-8-10-21(11-9-20)18(23)16-6-4-5-15(12-16)14-24-2/h4-6,12H,3,7-11,13-14H2,1-2H3,(H,19,22). The average Bonchev–Trinajstić information content (AvgIpc) is 2.60. The molecule has 0 radical (unpaired) electrons. The van der Waals surface area contributed by atoms with Gasteiger partial charge >= 0.3 is 0 Å². The molecule has 6 nitrogen and oxygen atoms in total. The molecule has 0 atom stereocenters. The van der Waals surface area contributed by atoms with Crippen LogP contribution >= 0.6 is 0 Å². The molecule has 0 bridgehead atoms. The lowest BCUT2D eigenvalue weighted by atomic mass is 10.1. The zero-order chi connectivity index (χ0) is 17.4. The number of piperazine rings is 1. The second-order valence-corrected chi connectivity index (χ2v) is 6.05. The van der Waals surface area contributed by atoms with Crippen molar-refractivity contribution in [3.8, 4) is 0 Å². The Morgan fingerprint density at radius 2 is 1.96 bits per heavy atom. The van der Waals surface area contributed by atoms with E-state index in [1.165, 1.54) is 0 Å². The van der Waals surface area contributed by atoms with E-state index in [1.807, 2.05) is 36.1 Å². The van der Waals surface area contributed by atoms with Crippen LogP contribution in [0.1, 0.15) is 29.3 Å². The number of hydrogen-bond donors (Lipinski definition) is 1. The van der Waals surface area contributed by atoms with Crippen molar-refractivity contribution in [2.75, 3.05) is 46.4 Å². The van der Waals surface area contributed by atoms with E-state index in [0.29, 0.717) is 31.8 Å². The first-order valence-corrected chi connectivity index (χ1v) is 8.50. The third-order valence-corrected chi connectivity index (χ3v) is 4.08. The van der Waals surface area contributed by atoms with Gasteiger partial charge in [-0.3, -0.25) is 14.5 Å². The molecule has 6 heteroatoms. The summed E-state index contributed by atoms with van der Waals surface area (Å²) in [6.07, 6.45) is 0.941. The molecule has 1 aromatic carbocycles. The van der Waals surface area contributed by atoms with Crippen LogP contribution in [0.2, 0.25) is 0 Å². The molecule has 0 aliphatic carbocycles. The summed E-state index contributed by atoms with van der Waals surface area (Å²) in [5, 5.41) is 2.88. The van der Waals surface area contributed by atoms with Crippen LogP contribution in [0.4, 0.5) is 0 Å². The number of hydrogen-bond acceptors (Lipinski definition) is 4. The smallest absolute Gasteiger partial charge is 0.253 e. The fraction of sp³-hybridized carbons (Fsp3) is 0.556. The minimum atomic E-state index is 0.0445. The summed E-state index contributed by atoms with van der Waals surface area (Å²) in [6.45, 7) is 6.41. The van der Waals surface area contributed by atoms with Crippen molar-refractivity contribution in [2.24, 2.45) is 0 Å². The summed E-state index contributed by atoms with van der Waals surface area (Å²) in [6, 6.07) is 7.56. The Labute approximate surface area is 143 Å². The molecule has 1 saturated heterocycles. The van der Waals surface area contributed by atoms with Crippen LogP contribution in [-0.2, 0) is 16.1 Å². The maximum Gasteiger partial charge on any atom is 0.253 e. The highest BCUT2D eigenvalue weighted by atomic mass is 16.5. The molecule has 1 aliphatic rings. The summed E-state index contributed by atoms with van der Waals surface area (Å²) in [5.41, 5.74) is 1.69. The van der Waals surface area contributed by atoms with Crippen molar-refractivity contribution in [3.05, 3.63) is 35.4 Å². The van der Waals surface area contributed by atoms with Crippen LogP contribution in [0.15, 0.2) is 24.3 Å². The average molecular weight is 333 g/mol. The van der Waals surface area contributed by atoms with E-state index in [9.17, 15) is 9.59 Å². The molecule has 1 N–H and O–H groups in total. The number of benzene rings is 1. The first-order chi connectivity index (χ1) is 11.6. The number of nitrogens with zero attached hydrogens (tertiary/aromatic N) is 2. The minimum absolute atomic E-state index is 0.0445. The zero-order valence-electron chi connectivity index (χ0n) is 14.6. The monoisotopic (exact) mass is 333 g/mol. The Kier molecular flexibility index (Phi) is 7.21. The van der Waals surface area contributed by atoms with Crippen LogP contribution in [0.5, 0.6) is 0 Å².